The van der Waals surface area contributed by atoms with Gasteiger partial charge in [0.15, 0.2) is 0 Å². The van der Waals surface area contributed by atoms with Gasteiger partial charge in [0.1, 0.15) is 4.75 Å². The summed E-state index contributed by atoms with van der Waals surface area (Å²) in [7, 11) is -1.43. The summed E-state index contributed by atoms with van der Waals surface area (Å²) in [5, 5.41) is 9.00. The summed E-state index contributed by atoms with van der Waals surface area (Å²) < 4.78 is 16.3. The van der Waals surface area contributed by atoms with Crippen molar-refractivity contribution >= 4 is 16.8 Å². The van der Waals surface area contributed by atoms with E-state index in [9.17, 15) is 9.00 Å². The largest absolute Gasteiger partial charge is 0.480 e. The van der Waals surface area contributed by atoms with Crippen molar-refractivity contribution in [3.05, 3.63) is 0 Å². The Labute approximate surface area is 105 Å². The predicted molar refractivity (Wildman–Crippen MR) is 66.6 cm³/mol. The van der Waals surface area contributed by atoms with Crippen molar-refractivity contribution in [3.63, 3.8) is 0 Å². The van der Waals surface area contributed by atoms with E-state index in [2.05, 4.69) is 11.8 Å². The Morgan fingerprint density at radius 1 is 1.59 bits per heavy atom. The van der Waals surface area contributed by atoms with Gasteiger partial charge in [0.05, 0.1) is 18.5 Å². The summed E-state index contributed by atoms with van der Waals surface area (Å²) in [6.45, 7) is 8.25. The van der Waals surface area contributed by atoms with E-state index in [1.54, 1.807) is 0 Å². The number of rotatable bonds is 5. The van der Waals surface area contributed by atoms with Crippen molar-refractivity contribution in [3.8, 4) is 0 Å². The van der Waals surface area contributed by atoms with Crippen molar-refractivity contribution in [1.29, 1.82) is 0 Å². The lowest BCUT2D eigenvalue weighted by Gasteiger charge is -2.33. The molecule has 0 spiro atoms. The number of carboxylic acids is 1. The summed E-state index contributed by atoms with van der Waals surface area (Å²) in [4.78, 5) is 13.2. The number of morpholine rings is 1. The Hall–Kier alpha value is -0.460. The van der Waals surface area contributed by atoms with Gasteiger partial charge in [-0.05, 0) is 20.4 Å². The minimum atomic E-state index is -1.43. The zero-order valence-electron chi connectivity index (χ0n) is 10.6. The molecule has 2 atom stereocenters. The topological polar surface area (TPSA) is 66.8 Å². The van der Waals surface area contributed by atoms with Crippen LogP contribution in [0.3, 0.4) is 0 Å². The maximum atomic E-state index is 12.0. The maximum Gasteiger partial charge on any atom is 0.321 e. The van der Waals surface area contributed by atoms with Crippen molar-refractivity contribution in [2.24, 2.45) is 0 Å². The molecule has 0 aromatic rings. The lowest BCUT2D eigenvalue weighted by molar-refractivity contribution is -0.139. The van der Waals surface area contributed by atoms with Crippen molar-refractivity contribution in [2.45, 2.75) is 31.6 Å². The summed E-state index contributed by atoms with van der Waals surface area (Å²) in [6, 6.07) is 0. The molecule has 1 heterocycles. The minimum Gasteiger partial charge on any atom is -0.480 e. The molecule has 1 saturated heterocycles. The van der Waals surface area contributed by atoms with Crippen LogP contribution in [0, 0.1) is 0 Å². The Kier molecular flexibility index (Phi) is 5.09. The van der Waals surface area contributed by atoms with Gasteiger partial charge in [-0.1, -0.05) is 6.92 Å². The highest BCUT2D eigenvalue weighted by atomic mass is 32.2. The van der Waals surface area contributed by atoms with Crippen LogP contribution in [0.4, 0.5) is 0 Å². The zero-order chi connectivity index (χ0) is 13.1. The lowest BCUT2D eigenvalue weighted by Crippen LogP contribution is -2.47. The van der Waals surface area contributed by atoms with Crippen LogP contribution in [0.5, 0.6) is 0 Å². The molecule has 5 nitrogen and oxygen atoms in total. The number of nitrogens with zero attached hydrogens (tertiary/aromatic N) is 1. The molecule has 0 aliphatic carbocycles. The normalized spacial score (nSPS) is 24.5. The Morgan fingerprint density at radius 2 is 2.24 bits per heavy atom. The second kappa shape index (κ2) is 5.93. The summed E-state index contributed by atoms with van der Waals surface area (Å²) in [5.41, 5.74) is 0. The molecular formula is C11H21NO4S. The molecule has 6 heteroatoms. The third-order valence-corrected chi connectivity index (χ3v) is 5.08. The molecule has 1 aliphatic heterocycles. The van der Waals surface area contributed by atoms with Crippen molar-refractivity contribution < 1.29 is 18.8 Å². The fourth-order valence-electron chi connectivity index (χ4n) is 1.64. The smallest absolute Gasteiger partial charge is 0.321 e. The van der Waals surface area contributed by atoms with Crippen LogP contribution in [-0.4, -0.2) is 63.0 Å². The van der Waals surface area contributed by atoms with E-state index in [0.717, 1.165) is 19.6 Å². The fraction of sp³-hybridized carbons (Fsp3) is 0.909. The molecule has 1 N–H and O–H groups in total. The summed E-state index contributed by atoms with van der Waals surface area (Å²) >= 11 is 0. The molecule has 0 radical (unpaired) electrons. The summed E-state index contributed by atoms with van der Waals surface area (Å²) in [6.07, 6.45) is -0.122. The number of carbonyl (C=O) groups is 1. The van der Waals surface area contributed by atoms with E-state index < -0.39 is 21.5 Å². The molecule has 0 amide bonds. The van der Waals surface area contributed by atoms with E-state index in [4.69, 9.17) is 9.84 Å². The van der Waals surface area contributed by atoms with E-state index in [1.165, 1.54) is 13.8 Å². The van der Waals surface area contributed by atoms with Gasteiger partial charge >= 0.3 is 5.97 Å². The van der Waals surface area contributed by atoms with Gasteiger partial charge in [0.2, 0.25) is 0 Å². The van der Waals surface area contributed by atoms with Crippen molar-refractivity contribution in [2.75, 3.05) is 32.0 Å². The highest BCUT2D eigenvalue weighted by Gasteiger charge is 2.36. The van der Waals surface area contributed by atoms with E-state index in [1.807, 2.05) is 0 Å². The van der Waals surface area contributed by atoms with E-state index in [0.29, 0.717) is 6.61 Å². The Bertz CT molecular complexity index is 306. The van der Waals surface area contributed by atoms with Crippen LogP contribution in [0.25, 0.3) is 0 Å². The Balaban J connectivity index is 2.54. The van der Waals surface area contributed by atoms with E-state index >= 15 is 0 Å². The SMILES string of the molecule is CCN1CCOC(CS(=O)C(C)(C)C(=O)O)C1. The molecule has 1 aliphatic rings. The zero-order valence-corrected chi connectivity index (χ0v) is 11.5. The average Bonchev–Trinajstić information content (AvgIpc) is 2.29. The molecule has 1 rings (SSSR count). The molecule has 0 bridgehead atoms. The second-order valence-electron chi connectivity index (χ2n) is 4.71. The quantitative estimate of drug-likeness (QED) is 0.773. The van der Waals surface area contributed by atoms with Crippen LogP contribution in [0.15, 0.2) is 0 Å². The molecule has 17 heavy (non-hydrogen) atoms. The van der Waals surface area contributed by atoms with Crippen LogP contribution in [-0.2, 0) is 20.3 Å². The molecule has 0 aromatic heterocycles. The molecule has 1 fully saturated rings. The first-order valence-corrected chi connectivity index (χ1v) is 7.15. The average molecular weight is 263 g/mol. The van der Waals surface area contributed by atoms with Gasteiger partial charge in [0.25, 0.3) is 0 Å². The summed E-state index contributed by atoms with van der Waals surface area (Å²) in [5.74, 6) is -0.741. The molecule has 100 valence electrons. The van der Waals surface area contributed by atoms with Gasteiger partial charge in [-0.15, -0.1) is 0 Å². The fourth-order valence-corrected chi connectivity index (χ4v) is 2.79. The number of carboxylic acid groups (broad SMARTS) is 1. The molecular weight excluding hydrogens is 242 g/mol. The molecule has 0 saturated carbocycles. The third kappa shape index (κ3) is 3.76. The van der Waals surface area contributed by atoms with E-state index in [-0.39, 0.29) is 11.9 Å². The number of likely N-dealkylation sites (N-methyl/N-ethyl adjacent to an activating group) is 1. The first-order chi connectivity index (χ1) is 7.87. The molecule has 0 aromatic carbocycles. The first kappa shape index (κ1) is 14.6. The van der Waals surface area contributed by atoms with Crippen LogP contribution in [0.1, 0.15) is 20.8 Å². The van der Waals surface area contributed by atoms with Crippen LogP contribution < -0.4 is 0 Å². The predicted octanol–water partition coefficient (Wildman–Crippen LogP) is 0.319. The van der Waals surface area contributed by atoms with Crippen LogP contribution in [0.2, 0.25) is 0 Å². The third-order valence-electron chi connectivity index (χ3n) is 3.09. The monoisotopic (exact) mass is 263 g/mol. The highest BCUT2D eigenvalue weighted by Crippen LogP contribution is 2.16. The van der Waals surface area contributed by atoms with Gasteiger partial charge in [-0.3, -0.25) is 13.9 Å². The molecule has 2 unspecified atom stereocenters. The Morgan fingerprint density at radius 3 is 2.76 bits per heavy atom. The highest BCUT2D eigenvalue weighted by molar-refractivity contribution is 7.87. The number of aliphatic carboxylic acids is 1. The van der Waals surface area contributed by atoms with Crippen LogP contribution >= 0.6 is 0 Å². The first-order valence-electron chi connectivity index (χ1n) is 5.83. The maximum absolute atomic E-state index is 12.0. The van der Waals surface area contributed by atoms with Gasteiger partial charge in [0, 0.05) is 23.9 Å². The van der Waals surface area contributed by atoms with Gasteiger partial charge < -0.3 is 9.84 Å². The van der Waals surface area contributed by atoms with Crippen molar-refractivity contribution in [1.82, 2.24) is 4.90 Å². The number of hydrogen-bond acceptors (Lipinski definition) is 4. The standard InChI is InChI=1S/C11H21NO4S/c1-4-12-5-6-16-9(7-12)8-17(15)11(2,3)10(13)14/h9H,4-8H2,1-3H3,(H,13,14). The number of hydrogen-bond donors (Lipinski definition) is 1. The minimum absolute atomic E-state index is 0.122. The van der Waals surface area contributed by atoms with Gasteiger partial charge in [-0.25, -0.2) is 0 Å². The second-order valence-corrected chi connectivity index (χ2v) is 6.76. The van der Waals surface area contributed by atoms with Gasteiger partial charge in [-0.2, -0.15) is 0 Å². The number of ether oxygens (including phenoxy) is 1. The lowest BCUT2D eigenvalue weighted by atomic mass is 10.2.